The van der Waals surface area contributed by atoms with Gasteiger partial charge in [-0.3, -0.25) is 0 Å². The number of rotatable bonds is 3. The van der Waals surface area contributed by atoms with Gasteiger partial charge in [0, 0.05) is 24.2 Å². The number of likely N-dealkylation sites (tertiary alicyclic amines) is 1. The van der Waals surface area contributed by atoms with Crippen molar-refractivity contribution in [2.45, 2.75) is 50.0 Å². The topological polar surface area (TPSA) is 15.3 Å². The Hall–Kier alpha value is -1.02. The summed E-state index contributed by atoms with van der Waals surface area (Å²) in [6, 6.07) is 7.71. The number of hydrogen-bond acceptors (Lipinski definition) is 2. The largest absolute Gasteiger partial charge is 0.384 e. The molecule has 0 amide bonds. The predicted molar refractivity (Wildman–Crippen MR) is 79.9 cm³/mol. The average Bonchev–Trinajstić information content (AvgIpc) is 3.08. The van der Waals surface area contributed by atoms with E-state index in [2.05, 4.69) is 35.5 Å². The van der Waals surface area contributed by atoms with E-state index in [0.29, 0.717) is 0 Å². The van der Waals surface area contributed by atoms with E-state index in [4.69, 9.17) is 0 Å². The van der Waals surface area contributed by atoms with Gasteiger partial charge in [-0.1, -0.05) is 12.1 Å². The van der Waals surface area contributed by atoms with Crippen molar-refractivity contribution in [3.63, 3.8) is 0 Å². The molecular formula is C17H24N2. The maximum Gasteiger partial charge on any atom is 0.0379 e. The Balaban J connectivity index is 1.60. The molecule has 2 fully saturated rings. The summed E-state index contributed by atoms with van der Waals surface area (Å²) in [6.45, 7) is 2.45. The molecule has 0 bridgehead atoms. The van der Waals surface area contributed by atoms with Crippen molar-refractivity contribution in [2.75, 3.05) is 25.5 Å². The molecular weight excluding hydrogens is 232 g/mol. The Kier molecular flexibility index (Phi) is 2.80. The first kappa shape index (κ1) is 11.8. The second kappa shape index (κ2) is 4.52. The molecule has 1 aliphatic carbocycles. The first-order valence-electron chi connectivity index (χ1n) is 7.90. The van der Waals surface area contributed by atoms with E-state index in [9.17, 15) is 0 Å². The van der Waals surface area contributed by atoms with Gasteiger partial charge in [-0.15, -0.1) is 0 Å². The third-order valence-electron chi connectivity index (χ3n) is 5.33. The Morgan fingerprint density at radius 3 is 2.89 bits per heavy atom. The molecule has 2 aliphatic heterocycles. The fourth-order valence-electron chi connectivity index (χ4n) is 4.09. The van der Waals surface area contributed by atoms with E-state index in [1.165, 1.54) is 44.3 Å². The van der Waals surface area contributed by atoms with Crippen molar-refractivity contribution in [2.24, 2.45) is 0 Å². The van der Waals surface area contributed by atoms with Crippen molar-refractivity contribution in [3.8, 4) is 0 Å². The Morgan fingerprint density at radius 1 is 1.26 bits per heavy atom. The molecule has 1 aromatic rings. The lowest BCUT2D eigenvalue weighted by molar-refractivity contribution is 0.285. The summed E-state index contributed by atoms with van der Waals surface area (Å²) in [7, 11) is 2.30. The molecule has 0 aromatic heterocycles. The molecule has 2 heterocycles. The van der Waals surface area contributed by atoms with E-state index in [1.54, 1.807) is 11.1 Å². The summed E-state index contributed by atoms with van der Waals surface area (Å²) >= 11 is 0. The van der Waals surface area contributed by atoms with Crippen molar-refractivity contribution in [3.05, 3.63) is 29.3 Å². The quantitative estimate of drug-likeness (QED) is 0.889. The van der Waals surface area contributed by atoms with Crippen LogP contribution in [0.1, 0.15) is 55.1 Å². The van der Waals surface area contributed by atoms with E-state index in [-0.39, 0.29) is 0 Å². The van der Waals surface area contributed by atoms with Gasteiger partial charge in [0.05, 0.1) is 0 Å². The van der Waals surface area contributed by atoms with Crippen LogP contribution in [0.3, 0.4) is 0 Å². The minimum absolute atomic E-state index is 0.748. The molecule has 2 atom stereocenters. The van der Waals surface area contributed by atoms with Gasteiger partial charge in [-0.2, -0.15) is 0 Å². The number of nitrogens with one attached hydrogen (secondary N) is 1. The third-order valence-corrected chi connectivity index (χ3v) is 5.33. The minimum Gasteiger partial charge on any atom is -0.384 e. The van der Waals surface area contributed by atoms with E-state index >= 15 is 0 Å². The highest BCUT2D eigenvalue weighted by atomic mass is 15.1. The number of hydrogen-bond donors (Lipinski definition) is 1. The lowest BCUT2D eigenvalue weighted by Crippen LogP contribution is -2.27. The molecule has 1 aromatic carbocycles. The maximum absolute atomic E-state index is 3.64. The molecule has 4 rings (SSSR count). The normalized spacial score (nSPS) is 30.4. The predicted octanol–water partition coefficient (Wildman–Crippen LogP) is 3.56. The van der Waals surface area contributed by atoms with Crippen LogP contribution < -0.4 is 5.32 Å². The van der Waals surface area contributed by atoms with Gasteiger partial charge in [0.2, 0.25) is 0 Å². The van der Waals surface area contributed by atoms with Crippen molar-refractivity contribution in [1.82, 2.24) is 4.90 Å². The Labute approximate surface area is 116 Å². The molecule has 0 radical (unpaired) electrons. The Morgan fingerprint density at radius 2 is 2.16 bits per heavy atom. The molecule has 2 unspecified atom stereocenters. The van der Waals surface area contributed by atoms with Crippen LogP contribution in [0.15, 0.2) is 18.2 Å². The average molecular weight is 256 g/mol. The molecule has 2 nitrogen and oxygen atoms in total. The van der Waals surface area contributed by atoms with Crippen molar-refractivity contribution >= 4 is 5.69 Å². The van der Waals surface area contributed by atoms with Crippen LogP contribution in [0.2, 0.25) is 0 Å². The zero-order chi connectivity index (χ0) is 12.8. The summed E-state index contributed by atoms with van der Waals surface area (Å²) in [4.78, 5) is 2.57. The standard InChI is InChI=1S/C17H24N2/c1-19-9-3-4-14(19)10-13-11-18-16-6-2-5-15(17(13)16)12-7-8-12/h2,5-6,12-14,18H,3-4,7-11H2,1H3. The fraction of sp³-hybridized carbons (Fsp3) is 0.647. The first-order chi connectivity index (χ1) is 9.33. The first-order valence-corrected chi connectivity index (χ1v) is 7.90. The van der Waals surface area contributed by atoms with Crippen LogP contribution in [0.4, 0.5) is 5.69 Å². The summed E-state index contributed by atoms with van der Waals surface area (Å²) < 4.78 is 0. The van der Waals surface area contributed by atoms with Gasteiger partial charge in [0.1, 0.15) is 0 Å². The molecule has 3 aliphatic rings. The summed E-state index contributed by atoms with van der Waals surface area (Å²) in [5.41, 5.74) is 4.76. The summed E-state index contributed by atoms with van der Waals surface area (Å²) in [5, 5.41) is 3.64. The highest BCUT2D eigenvalue weighted by Gasteiger charge is 2.34. The second-order valence-electron chi connectivity index (χ2n) is 6.67. The maximum atomic E-state index is 3.64. The van der Waals surface area contributed by atoms with Gasteiger partial charge in [-0.05, 0) is 68.8 Å². The van der Waals surface area contributed by atoms with Crippen LogP contribution in [-0.4, -0.2) is 31.1 Å². The molecule has 2 heteroatoms. The van der Waals surface area contributed by atoms with Crippen molar-refractivity contribution < 1.29 is 0 Å². The summed E-state index contributed by atoms with van der Waals surface area (Å²) in [5.74, 6) is 1.62. The zero-order valence-electron chi connectivity index (χ0n) is 11.9. The minimum atomic E-state index is 0.748. The summed E-state index contributed by atoms with van der Waals surface area (Å²) in [6.07, 6.45) is 6.95. The van der Waals surface area contributed by atoms with Crippen LogP contribution in [-0.2, 0) is 0 Å². The second-order valence-corrected chi connectivity index (χ2v) is 6.67. The fourth-order valence-corrected chi connectivity index (χ4v) is 4.09. The molecule has 1 N–H and O–H groups in total. The molecule has 102 valence electrons. The van der Waals surface area contributed by atoms with Crippen LogP contribution >= 0.6 is 0 Å². The highest BCUT2D eigenvalue weighted by molar-refractivity contribution is 5.62. The third kappa shape index (κ3) is 2.06. The molecule has 1 saturated heterocycles. The zero-order valence-corrected chi connectivity index (χ0v) is 11.9. The number of nitrogens with zero attached hydrogens (tertiary/aromatic N) is 1. The van der Waals surface area contributed by atoms with E-state index < -0.39 is 0 Å². The van der Waals surface area contributed by atoms with Gasteiger partial charge < -0.3 is 10.2 Å². The lowest BCUT2D eigenvalue weighted by Gasteiger charge is -2.23. The van der Waals surface area contributed by atoms with Gasteiger partial charge in [0.15, 0.2) is 0 Å². The highest BCUT2D eigenvalue weighted by Crippen LogP contribution is 2.48. The van der Waals surface area contributed by atoms with Crippen LogP contribution in [0.5, 0.6) is 0 Å². The van der Waals surface area contributed by atoms with E-state index in [1.807, 2.05) is 0 Å². The molecule has 0 spiro atoms. The molecule has 19 heavy (non-hydrogen) atoms. The smallest absolute Gasteiger partial charge is 0.0379 e. The monoisotopic (exact) mass is 256 g/mol. The molecule has 1 saturated carbocycles. The SMILES string of the molecule is CN1CCCC1CC1CNc2cccc(C3CC3)c21. The lowest BCUT2D eigenvalue weighted by atomic mass is 9.88. The van der Waals surface area contributed by atoms with E-state index in [0.717, 1.165) is 24.4 Å². The van der Waals surface area contributed by atoms with Crippen molar-refractivity contribution in [1.29, 1.82) is 0 Å². The number of benzene rings is 1. The Bertz CT molecular complexity index is 478. The van der Waals surface area contributed by atoms with Crippen LogP contribution in [0.25, 0.3) is 0 Å². The van der Waals surface area contributed by atoms with Gasteiger partial charge >= 0.3 is 0 Å². The van der Waals surface area contributed by atoms with Gasteiger partial charge in [0.25, 0.3) is 0 Å². The van der Waals surface area contributed by atoms with Gasteiger partial charge in [-0.25, -0.2) is 0 Å². The van der Waals surface area contributed by atoms with Crippen LogP contribution in [0, 0.1) is 0 Å². The number of fused-ring (bicyclic) bond motifs is 1. The number of anilines is 1.